The van der Waals surface area contributed by atoms with Crippen LogP contribution in [-0.4, -0.2) is 25.0 Å². The van der Waals surface area contributed by atoms with Crippen molar-refractivity contribution in [1.29, 1.82) is 0 Å². The predicted octanol–water partition coefficient (Wildman–Crippen LogP) is 1.86. The largest absolute Gasteiger partial charge is 0.352 e. The molecule has 0 bridgehead atoms. The lowest BCUT2D eigenvalue weighted by Crippen LogP contribution is -2.36. The molecular formula is C13H17BrN2O. The van der Waals surface area contributed by atoms with Gasteiger partial charge in [0.15, 0.2) is 0 Å². The van der Waals surface area contributed by atoms with Crippen LogP contribution in [0.1, 0.15) is 18.4 Å². The first kappa shape index (κ1) is 12.6. The minimum atomic E-state index is 0.152. The van der Waals surface area contributed by atoms with Crippen LogP contribution < -0.4 is 10.6 Å². The number of aryl methyl sites for hydroxylation is 1. The summed E-state index contributed by atoms with van der Waals surface area (Å²) < 4.78 is 1.07. The number of halogens is 1. The van der Waals surface area contributed by atoms with E-state index in [-0.39, 0.29) is 5.91 Å². The van der Waals surface area contributed by atoms with Crippen molar-refractivity contribution in [3.05, 3.63) is 34.3 Å². The number of hydrogen-bond donors (Lipinski definition) is 2. The second-order valence-electron chi connectivity index (χ2n) is 4.39. The quantitative estimate of drug-likeness (QED) is 0.890. The third-order valence-electron chi connectivity index (χ3n) is 2.96. The average Bonchev–Trinajstić information content (AvgIpc) is 2.79. The molecule has 0 aliphatic carbocycles. The lowest BCUT2D eigenvalue weighted by molar-refractivity contribution is -0.121. The zero-order valence-corrected chi connectivity index (χ0v) is 11.3. The maximum Gasteiger partial charge on any atom is 0.220 e. The molecule has 0 radical (unpaired) electrons. The van der Waals surface area contributed by atoms with Gasteiger partial charge in [0.05, 0.1) is 0 Å². The summed E-state index contributed by atoms with van der Waals surface area (Å²) in [6, 6.07) is 8.43. The van der Waals surface area contributed by atoms with Crippen molar-refractivity contribution in [2.24, 2.45) is 0 Å². The number of rotatable bonds is 4. The first-order valence-electron chi connectivity index (χ1n) is 5.98. The van der Waals surface area contributed by atoms with E-state index in [0.717, 1.165) is 30.4 Å². The second-order valence-corrected chi connectivity index (χ2v) is 5.30. The minimum absolute atomic E-state index is 0.152. The van der Waals surface area contributed by atoms with E-state index in [1.54, 1.807) is 0 Å². The van der Waals surface area contributed by atoms with Crippen molar-refractivity contribution in [3.63, 3.8) is 0 Å². The maximum absolute atomic E-state index is 11.7. The highest BCUT2D eigenvalue weighted by molar-refractivity contribution is 9.10. The van der Waals surface area contributed by atoms with Crippen LogP contribution in [0.4, 0.5) is 0 Å². The van der Waals surface area contributed by atoms with Gasteiger partial charge in [-0.05, 0) is 37.1 Å². The molecule has 0 spiro atoms. The Labute approximate surface area is 110 Å². The van der Waals surface area contributed by atoms with Crippen LogP contribution in [0.25, 0.3) is 0 Å². The fourth-order valence-electron chi connectivity index (χ4n) is 2.03. The molecule has 0 saturated carbocycles. The van der Waals surface area contributed by atoms with Crippen LogP contribution in [0, 0.1) is 0 Å². The van der Waals surface area contributed by atoms with Gasteiger partial charge in [0.2, 0.25) is 5.91 Å². The molecule has 17 heavy (non-hydrogen) atoms. The molecule has 1 atom stereocenters. The van der Waals surface area contributed by atoms with Crippen molar-refractivity contribution >= 4 is 21.8 Å². The molecule has 2 N–H and O–H groups in total. The SMILES string of the molecule is O=C(CCc1cccc(Br)c1)NC1CCNC1. The van der Waals surface area contributed by atoms with Crippen LogP contribution in [0.2, 0.25) is 0 Å². The van der Waals surface area contributed by atoms with Crippen molar-refractivity contribution in [1.82, 2.24) is 10.6 Å². The third-order valence-corrected chi connectivity index (χ3v) is 3.45. The number of amides is 1. The number of benzene rings is 1. The Morgan fingerprint density at radius 2 is 2.41 bits per heavy atom. The molecule has 92 valence electrons. The predicted molar refractivity (Wildman–Crippen MR) is 71.9 cm³/mol. The first-order valence-corrected chi connectivity index (χ1v) is 6.78. The Kier molecular flexibility index (Phi) is 4.57. The molecular weight excluding hydrogens is 280 g/mol. The smallest absolute Gasteiger partial charge is 0.220 e. The Morgan fingerprint density at radius 1 is 1.53 bits per heavy atom. The van der Waals surface area contributed by atoms with Crippen molar-refractivity contribution in [3.8, 4) is 0 Å². The van der Waals surface area contributed by atoms with Gasteiger partial charge in [-0.1, -0.05) is 28.1 Å². The molecule has 4 heteroatoms. The van der Waals surface area contributed by atoms with E-state index in [0.29, 0.717) is 12.5 Å². The van der Waals surface area contributed by atoms with E-state index >= 15 is 0 Å². The molecule has 1 heterocycles. The summed E-state index contributed by atoms with van der Waals surface area (Å²) in [4.78, 5) is 11.7. The Bertz CT molecular complexity index is 389. The van der Waals surface area contributed by atoms with Gasteiger partial charge >= 0.3 is 0 Å². The zero-order chi connectivity index (χ0) is 12.1. The summed E-state index contributed by atoms with van der Waals surface area (Å²) in [6.07, 6.45) is 2.40. The minimum Gasteiger partial charge on any atom is -0.352 e. The molecule has 0 aromatic heterocycles. The molecule has 1 aromatic carbocycles. The second kappa shape index (κ2) is 6.17. The normalized spacial score (nSPS) is 19.2. The Hall–Kier alpha value is -0.870. The van der Waals surface area contributed by atoms with E-state index < -0.39 is 0 Å². The Balaban J connectivity index is 1.75. The summed E-state index contributed by atoms with van der Waals surface area (Å²) in [5.74, 6) is 0.152. The number of hydrogen-bond acceptors (Lipinski definition) is 2. The molecule has 1 aliphatic heterocycles. The standard InChI is InChI=1S/C13H17BrN2O/c14-11-3-1-2-10(8-11)4-5-13(17)16-12-6-7-15-9-12/h1-3,8,12,15H,4-7,9H2,(H,16,17). The van der Waals surface area contributed by atoms with E-state index in [9.17, 15) is 4.79 Å². The van der Waals surface area contributed by atoms with Crippen LogP contribution in [0.3, 0.4) is 0 Å². The molecule has 1 unspecified atom stereocenters. The van der Waals surface area contributed by atoms with Crippen molar-refractivity contribution in [2.75, 3.05) is 13.1 Å². The van der Waals surface area contributed by atoms with Crippen molar-refractivity contribution < 1.29 is 4.79 Å². The summed E-state index contributed by atoms with van der Waals surface area (Å²) >= 11 is 3.43. The van der Waals surface area contributed by atoms with Gasteiger partial charge in [0.1, 0.15) is 0 Å². The van der Waals surface area contributed by atoms with Crippen LogP contribution in [-0.2, 0) is 11.2 Å². The van der Waals surface area contributed by atoms with Gasteiger partial charge in [-0.3, -0.25) is 4.79 Å². The highest BCUT2D eigenvalue weighted by atomic mass is 79.9. The summed E-state index contributed by atoms with van der Waals surface area (Å²) in [5.41, 5.74) is 1.19. The number of carbonyl (C=O) groups excluding carboxylic acids is 1. The molecule has 1 aliphatic rings. The van der Waals surface area contributed by atoms with E-state index in [4.69, 9.17) is 0 Å². The van der Waals surface area contributed by atoms with Gasteiger partial charge in [0, 0.05) is 23.5 Å². The maximum atomic E-state index is 11.7. The molecule has 3 nitrogen and oxygen atoms in total. The van der Waals surface area contributed by atoms with Crippen LogP contribution >= 0.6 is 15.9 Å². The van der Waals surface area contributed by atoms with E-state index in [1.165, 1.54) is 5.56 Å². The molecule has 1 aromatic rings. The van der Waals surface area contributed by atoms with Gasteiger partial charge in [0.25, 0.3) is 0 Å². The average molecular weight is 297 g/mol. The molecule has 1 amide bonds. The van der Waals surface area contributed by atoms with Gasteiger partial charge in [-0.2, -0.15) is 0 Å². The van der Waals surface area contributed by atoms with E-state index in [2.05, 4.69) is 38.7 Å². The fourth-order valence-corrected chi connectivity index (χ4v) is 2.47. The lowest BCUT2D eigenvalue weighted by Gasteiger charge is -2.11. The lowest BCUT2D eigenvalue weighted by atomic mass is 10.1. The summed E-state index contributed by atoms with van der Waals surface area (Å²) in [6.45, 7) is 1.92. The molecule has 1 fully saturated rings. The third kappa shape index (κ3) is 4.13. The zero-order valence-electron chi connectivity index (χ0n) is 9.71. The summed E-state index contributed by atoms with van der Waals surface area (Å²) in [7, 11) is 0. The molecule has 1 saturated heterocycles. The highest BCUT2D eigenvalue weighted by Gasteiger charge is 2.16. The first-order chi connectivity index (χ1) is 8.24. The summed E-state index contributed by atoms with van der Waals surface area (Å²) in [5, 5.41) is 6.29. The van der Waals surface area contributed by atoms with Gasteiger partial charge in [-0.15, -0.1) is 0 Å². The van der Waals surface area contributed by atoms with Crippen molar-refractivity contribution in [2.45, 2.75) is 25.3 Å². The topological polar surface area (TPSA) is 41.1 Å². The van der Waals surface area contributed by atoms with Gasteiger partial charge in [-0.25, -0.2) is 0 Å². The van der Waals surface area contributed by atoms with Crippen LogP contribution in [0.5, 0.6) is 0 Å². The monoisotopic (exact) mass is 296 g/mol. The highest BCUT2D eigenvalue weighted by Crippen LogP contribution is 2.13. The van der Waals surface area contributed by atoms with E-state index in [1.807, 2.05) is 12.1 Å². The van der Waals surface area contributed by atoms with Crippen LogP contribution in [0.15, 0.2) is 28.7 Å². The molecule has 2 rings (SSSR count). The number of carbonyl (C=O) groups is 1. The fraction of sp³-hybridized carbons (Fsp3) is 0.462. The van der Waals surface area contributed by atoms with Gasteiger partial charge < -0.3 is 10.6 Å². The Morgan fingerprint density at radius 3 is 3.12 bits per heavy atom. The number of nitrogens with one attached hydrogen (secondary N) is 2.